The number of carbonyl (C=O) groups excluding carboxylic acids is 2. The lowest BCUT2D eigenvalue weighted by Crippen LogP contribution is -3.19. The number of hydrogen-bond donors (Lipinski definition) is 3. The van der Waals surface area contributed by atoms with E-state index in [9.17, 15) is 9.59 Å². The topological polar surface area (TPSA) is 88.1 Å². The SMILES string of the molecule is COC(=O)c1[nH]c2ccccc2c1NC(=O)[C@H](C)[NH+]1CCN(c2ccccc2OC)CC1. The van der Waals surface area contributed by atoms with Crippen LogP contribution in [0.3, 0.4) is 0 Å². The summed E-state index contributed by atoms with van der Waals surface area (Å²) in [6.07, 6.45) is 0. The Hall–Kier alpha value is -3.52. The summed E-state index contributed by atoms with van der Waals surface area (Å²) in [5.74, 6) is 0.221. The van der Waals surface area contributed by atoms with Crippen molar-refractivity contribution in [3.63, 3.8) is 0 Å². The number of para-hydroxylation sites is 3. The van der Waals surface area contributed by atoms with Crippen LogP contribution >= 0.6 is 0 Å². The van der Waals surface area contributed by atoms with Crippen LogP contribution in [-0.2, 0) is 9.53 Å². The van der Waals surface area contributed by atoms with Crippen LogP contribution in [0, 0.1) is 0 Å². The van der Waals surface area contributed by atoms with Crippen molar-refractivity contribution in [3.05, 3.63) is 54.2 Å². The zero-order valence-electron chi connectivity index (χ0n) is 18.6. The monoisotopic (exact) mass is 437 g/mol. The first kappa shape index (κ1) is 21.7. The van der Waals surface area contributed by atoms with Gasteiger partial charge in [0.1, 0.15) is 11.4 Å². The Labute approximate surface area is 187 Å². The Balaban J connectivity index is 1.46. The molecule has 0 saturated carbocycles. The zero-order valence-corrected chi connectivity index (χ0v) is 18.6. The van der Waals surface area contributed by atoms with Gasteiger partial charge < -0.3 is 29.6 Å². The van der Waals surface area contributed by atoms with E-state index >= 15 is 0 Å². The highest BCUT2D eigenvalue weighted by Crippen LogP contribution is 2.29. The number of aromatic amines is 1. The zero-order chi connectivity index (χ0) is 22.7. The Morgan fingerprint density at radius 2 is 1.75 bits per heavy atom. The number of fused-ring (bicyclic) bond motifs is 1. The van der Waals surface area contributed by atoms with Crippen LogP contribution in [0.1, 0.15) is 17.4 Å². The van der Waals surface area contributed by atoms with Crippen LogP contribution in [0.15, 0.2) is 48.5 Å². The van der Waals surface area contributed by atoms with E-state index in [-0.39, 0.29) is 17.6 Å². The van der Waals surface area contributed by atoms with Gasteiger partial charge >= 0.3 is 5.97 Å². The largest absolute Gasteiger partial charge is 0.495 e. The molecule has 32 heavy (non-hydrogen) atoms. The van der Waals surface area contributed by atoms with Crippen LogP contribution in [0.2, 0.25) is 0 Å². The summed E-state index contributed by atoms with van der Waals surface area (Å²) < 4.78 is 10.4. The number of piperazine rings is 1. The number of rotatable bonds is 6. The number of aromatic nitrogens is 1. The molecule has 0 unspecified atom stereocenters. The second kappa shape index (κ2) is 9.32. The molecular formula is C24H29N4O4+. The third kappa shape index (κ3) is 4.13. The molecule has 3 aromatic rings. The van der Waals surface area contributed by atoms with Crippen LogP contribution in [-0.4, -0.2) is 63.3 Å². The van der Waals surface area contributed by atoms with Gasteiger partial charge in [-0.05, 0) is 25.1 Å². The average molecular weight is 438 g/mol. The smallest absolute Gasteiger partial charge is 0.356 e. The quantitative estimate of drug-likeness (QED) is 0.511. The number of nitrogens with one attached hydrogen (secondary N) is 3. The number of quaternary nitrogens is 1. The van der Waals surface area contributed by atoms with E-state index in [0.717, 1.165) is 48.5 Å². The fourth-order valence-corrected chi connectivity index (χ4v) is 4.30. The molecule has 1 aliphatic rings. The predicted molar refractivity (Wildman–Crippen MR) is 124 cm³/mol. The lowest BCUT2D eigenvalue weighted by Gasteiger charge is -2.36. The van der Waals surface area contributed by atoms with Crippen molar-refractivity contribution in [2.24, 2.45) is 0 Å². The van der Waals surface area contributed by atoms with Gasteiger partial charge in [-0.1, -0.05) is 30.3 Å². The molecule has 0 bridgehead atoms. The van der Waals surface area contributed by atoms with Gasteiger partial charge in [0.2, 0.25) is 0 Å². The summed E-state index contributed by atoms with van der Waals surface area (Å²) in [6.45, 7) is 5.23. The summed E-state index contributed by atoms with van der Waals surface area (Å²) in [7, 11) is 3.01. The molecule has 1 saturated heterocycles. The molecule has 1 fully saturated rings. The first-order valence-corrected chi connectivity index (χ1v) is 10.8. The van der Waals surface area contributed by atoms with E-state index in [1.54, 1.807) is 7.11 Å². The predicted octanol–water partition coefficient (Wildman–Crippen LogP) is 1.70. The number of nitrogens with zero attached hydrogens (tertiary/aromatic N) is 1. The maximum atomic E-state index is 13.1. The molecule has 4 rings (SSSR count). The Kier molecular flexibility index (Phi) is 6.32. The minimum Gasteiger partial charge on any atom is -0.495 e. The number of esters is 1. The lowest BCUT2D eigenvalue weighted by molar-refractivity contribution is -0.914. The standard InChI is InChI=1S/C24H28N4O4/c1-16(27-12-14-28(15-13-27)19-10-6-7-11-20(19)31-2)23(29)26-21-17-8-4-5-9-18(17)25-22(21)24(30)32-3/h4-11,16,25H,12-15H2,1-3H3,(H,26,29)/p+1/t16-/m0/s1. The average Bonchev–Trinajstić information content (AvgIpc) is 3.21. The molecular weight excluding hydrogens is 408 g/mol. The molecule has 1 amide bonds. The van der Waals surface area contributed by atoms with E-state index in [0.29, 0.717) is 5.69 Å². The van der Waals surface area contributed by atoms with Crippen molar-refractivity contribution in [3.8, 4) is 5.75 Å². The Morgan fingerprint density at radius 1 is 1.06 bits per heavy atom. The fraction of sp³-hybridized carbons (Fsp3) is 0.333. The van der Waals surface area contributed by atoms with E-state index in [4.69, 9.17) is 9.47 Å². The molecule has 2 heterocycles. The lowest BCUT2D eigenvalue weighted by atomic mass is 10.1. The molecule has 8 nitrogen and oxygen atoms in total. The normalized spacial score (nSPS) is 15.4. The van der Waals surface area contributed by atoms with Crippen molar-refractivity contribution in [2.45, 2.75) is 13.0 Å². The molecule has 1 atom stereocenters. The van der Waals surface area contributed by atoms with Crippen molar-refractivity contribution in [2.75, 3.05) is 50.6 Å². The van der Waals surface area contributed by atoms with Gasteiger partial charge in [0.15, 0.2) is 6.04 Å². The first-order chi connectivity index (χ1) is 15.5. The summed E-state index contributed by atoms with van der Waals surface area (Å²) in [5.41, 5.74) is 2.57. The molecule has 1 aromatic heterocycles. The van der Waals surface area contributed by atoms with Crippen molar-refractivity contribution >= 4 is 34.2 Å². The van der Waals surface area contributed by atoms with Gasteiger partial charge in [-0.15, -0.1) is 0 Å². The van der Waals surface area contributed by atoms with Crippen LogP contribution in [0.4, 0.5) is 11.4 Å². The summed E-state index contributed by atoms with van der Waals surface area (Å²) in [6, 6.07) is 15.2. The summed E-state index contributed by atoms with van der Waals surface area (Å²) >= 11 is 0. The van der Waals surface area contributed by atoms with Crippen LogP contribution < -0.4 is 19.9 Å². The summed E-state index contributed by atoms with van der Waals surface area (Å²) in [4.78, 5) is 31.9. The van der Waals surface area contributed by atoms with E-state index in [2.05, 4.69) is 21.3 Å². The Morgan fingerprint density at radius 3 is 2.47 bits per heavy atom. The molecule has 0 spiro atoms. The number of hydrogen-bond acceptors (Lipinski definition) is 5. The van der Waals surface area contributed by atoms with E-state index in [1.165, 1.54) is 12.0 Å². The van der Waals surface area contributed by atoms with Crippen molar-refractivity contribution in [1.29, 1.82) is 0 Å². The highest BCUT2D eigenvalue weighted by atomic mass is 16.5. The third-order valence-electron chi connectivity index (χ3n) is 6.18. The highest BCUT2D eigenvalue weighted by Gasteiger charge is 2.31. The summed E-state index contributed by atoms with van der Waals surface area (Å²) in [5, 5.41) is 3.76. The number of benzene rings is 2. The second-order valence-corrected chi connectivity index (χ2v) is 7.94. The van der Waals surface area contributed by atoms with Gasteiger partial charge in [-0.25, -0.2) is 4.79 Å². The number of ether oxygens (including phenoxy) is 2. The number of amides is 1. The van der Waals surface area contributed by atoms with E-state index < -0.39 is 5.97 Å². The van der Waals surface area contributed by atoms with Gasteiger partial charge in [0.25, 0.3) is 5.91 Å². The molecule has 8 heteroatoms. The maximum Gasteiger partial charge on any atom is 0.356 e. The molecule has 0 radical (unpaired) electrons. The van der Waals surface area contributed by atoms with Crippen LogP contribution in [0.25, 0.3) is 10.9 Å². The number of methoxy groups -OCH3 is 2. The second-order valence-electron chi connectivity index (χ2n) is 7.94. The molecule has 168 valence electrons. The third-order valence-corrected chi connectivity index (χ3v) is 6.18. The van der Waals surface area contributed by atoms with Gasteiger partial charge in [0, 0.05) is 10.9 Å². The molecule has 0 aliphatic carbocycles. The Bertz CT molecular complexity index is 1120. The maximum absolute atomic E-state index is 13.1. The van der Waals surface area contributed by atoms with Gasteiger partial charge in [0.05, 0.1) is 51.8 Å². The van der Waals surface area contributed by atoms with Crippen LogP contribution in [0.5, 0.6) is 5.75 Å². The van der Waals surface area contributed by atoms with Gasteiger partial charge in [-0.3, -0.25) is 4.79 Å². The number of carbonyl (C=O) groups is 2. The van der Waals surface area contributed by atoms with Gasteiger partial charge in [-0.2, -0.15) is 0 Å². The fourth-order valence-electron chi connectivity index (χ4n) is 4.30. The minimum atomic E-state index is -0.512. The highest BCUT2D eigenvalue weighted by molar-refractivity contribution is 6.11. The van der Waals surface area contributed by atoms with E-state index in [1.807, 2.05) is 49.4 Å². The van der Waals surface area contributed by atoms with Crippen molar-refractivity contribution in [1.82, 2.24) is 4.98 Å². The number of H-pyrrole nitrogens is 1. The molecule has 2 aromatic carbocycles. The number of anilines is 2. The first-order valence-electron chi connectivity index (χ1n) is 10.8. The molecule has 1 aliphatic heterocycles. The van der Waals surface area contributed by atoms with Crippen molar-refractivity contribution < 1.29 is 24.0 Å². The minimum absolute atomic E-state index is 0.124. The molecule has 3 N–H and O–H groups in total.